The topological polar surface area (TPSA) is 55.7 Å². The fraction of sp³-hybridized carbons (Fsp3) is 0.0833. The highest BCUT2D eigenvalue weighted by molar-refractivity contribution is 5.90. The fourth-order valence-corrected chi connectivity index (χ4v) is 3.70. The first kappa shape index (κ1) is 16.3. The lowest BCUT2D eigenvalue weighted by molar-refractivity contribution is 0.880. The van der Waals surface area contributed by atoms with E-state index in [1.54, 1.807) is 0 Å². The Hall–Kier alpha value is -3.84. The quantitative estimate of drug-likeness (QED) is 0.513. The number of imidazole rings is 1. The minimum absolute atomic E-state index is 0.525. The van der Waals surface area contributed by atoms with E-state index in [4.69, 9.17) is 0 Å². The zero-order chi connectivity index (χ0) is 18.9. The molecular weight excluding hydrogens is 344 g/mol. The van der Waals surface area contributed by atoms with Crippen molar-refractivity contribution in [2.24, 2.45) is 0 Å². The van der Waals surface area contributed by atoms with E-state index in [2.05, 4.69) is 69.5 Å². The summed E-state index contributed by atoms with van der Waals surface area (Å²) in [7, 11) is 0. The summed E-state index contributed by atoms with van der Waals surface area (Å²) < 4.78 is 0. The maximum atomic E-state index is 9.61. The lowest BCUT2D eigenvalue weighted by Gasteiger charge is -2.17. The third-order valence-corrected chi connectivity index (χ3v) is 5.17. The Labute approximate surface area is 163 Å². The van der Waals surface area contributed by atoms with E-state index in [0.717, 1.165) is 29.7 Å². The highest BCUT2D eigenvalue weighted by Gasteiger charge is 2.18. The predicted octanol–water partition coefficient (Wildman–Crippen LogP) is 5.15. The standard InChI is InChI=1S/C24H18N4/c25-14-20(24-26-22-7-3-4-8-23(22)27-24)13-17-9-11-21(12-10-17)28-15-18-5-1-2-6-19(18)16-28/h1-13H,15-16H2,(H,26,27)/b20-13+. The lowest BCUT2D eigenvalue weighted by atomic mass is 10.1. The van der Waals surface area contributed by atoms with E-state index >= 15 is 0 Å². The second-order valence-corrected chi connectivity index (χ2v) is 6.99. The summed E-state index contributed by atoms with van der Waals surface area (Å²) in [6, 6.07) is 27.0. The van der Waals surface area contributed by atoms with Gasteiger partial charge in [-0.1, -0.05) is 48.5 Å². The van der Waals surface area contributed by atoms with E-state index < -0.39 is 0 Å². The number of aromatic amines is 1. The molecule has 28 heavy (non-hydrogen) atoms. The smallest absolute Gasteiger partial charge is 0.149 e. The minimum atomic E-state index is 0.525. The summed E-state index contributed by atoms with van der Waals surface area (Å²) in [5.74, 6) is 0.600. The number of nitrogens with one attached hydrogen (secondary N) is 1. The molecule has 0 amide bonds. The van der Waals surface area contributed by atoms with Crippen LogP contribution < -0.4 is 4.90 Å². The van der Waals surface area contributed by atoms with Crippen LogP contribution >= 0.6 is 0 Å². The monoisotopic (exact) mass is 362 g/mol. The first-order valence-electron chi connectivity index (χ1n) is 9.29. The fourth-order valence-electron chi connectivity index (χ4n) is 3.70. The lowest BCUT2D eigenvalue weighted by Crippen LogP contribution is -2.14. The molecule has 0 saturated carbocycles. The molecule has 0 saturated heterocycles. The maximum absolute atomic E-state index is 9.61. The van der Waals surface area contributed by atoms with Crippen LogP contribution in [0.4, 0.5) is 5.69 Å². The molecule has 1 N–H and O–H groups in total. The van der Waals surface area contributed by atoms with E-state index in [1.165, 1.54) is 16.8 Å². The van der Waals surface area contributed by atoms with E-state index in [0.29, 0.717) is 11.4 Å². The second-order valence-electron chi connectivity index (χ2n) is 6.99. The van der Waals surface area contributed by atoms with Crippen molar-refractivity contribution < 1.29 is 0 Å². The van der Waals surface area contributed by atoms with Gasteiger partial charge in [-0.05, 0) is 47.0 Å². The number of nitrogens with zero attached hydrogens (tertiary/aromatic N) is 3. The molecule has 0 aliphatic carbocycles. The number of hydrogen-bond donors (Lipinski definition) is 1. The van der Waals surface area contributed by atoms with Gasteiger partial charge in [-0.25, -0.2) is 4.98 Å². The number of anilines is 1. The second kappa shape index (κ2) is 6.71. The van der Waals surface area contributed by atoms with Crippen molar-refractivity contribution in [2.75, 3.05) is 4.90 Å². The van der Waals surface area contributed by atoms with Crippen LogP contribution in [-0.2, 0) is 13.1 Å². The molecule has 134 valence electrons. The van der Waals surface area contributed by atoms with Gasteiger partial charge in [0.15, 0.2) is 0 Å². The van der Waals surface area contributed by atoms with Crippen molar-refractivity contribution >= 4 is 28.4 Å². The third-order valence-electron chi connectivity index (χ3n) is 5.17. The highest BCUT2D eigenvalue weighted by atomic mass is 15.1. The molecule has 1 aromatic heterocycles. The number of fused-ring (bicyclic) bond motifs is 2. The van der Waals surface area contributed by atoms with Crippen molar-refractivity contribution in [3.63, 3.8) is 0 Å². The van der Waals surface area contributed by atoms with Gasteiger partial charge in [0.2, 0.25) is 0 Å². The Bertz CT molecular complexity index is 1170. The van der Waals surface area contributed by atoms with Gasteiger partial charge in [0.1, 0.15) is 11.9 Å². The molecule has 4 aromatic rings. The number of aromatic nitrogens is 2. The Morgan fingerprint density at radius 2 is 1.61 bits per heavy atom. The number of nitriles is 1. The number of rotatable bonds is 3. The molecule has 1 aliphatic rings. The summed E-state index contributed by atoms with van der Waals surface area (Å²) >= 11 is 0. The number of benzene rings is 3. The molecule has 1 aliphatic heterocycles. The highest BCUT2D eigenvalue weighted by Crippen LogP contribution is 2.28. The Kier molecular flexibility index (Phi) is 3.92. The van der Waals surface area contributed by atoms with Crippen molar-refractivity contribution in [1.82, 2.24) is 9.97 Å². The van der Waals surface area contributed by atoms with Crippen molar-refractivity contribution in [2.45, 2.75) is 13.1 Å². The van der Waals surface area contributed by atoms with Crippen molar-refractivity contribution in [3.05, 3.63) is 95.3 Å². The van der Waals surface area contributed by atoms with Crippen LogP contribution in [-0.4, -0.2) is 9.97 Å². The molecule has 0 spiro atoms. The van der Waals surface area contributed by atoms with Crippen LogP contribution in [0.15, 0.2) is 72.8 Å². The van der Waals surface area contributed by atoms with Gasteiger partial charge in [0, 0.05) is 18.8 Å². The minimum Gasteiger partial charge on any atom is -0.363 e. The molecule has 4 heteroatoms. The summed E-state index contributed by atoms with van der Waals surface area (Å²) in [5.41, 5.74) is 7.28. The van der Waals surface area contributed by atoms with Crippen LogP contribution in [0.1, 0.15) is 22.5 Å². The normalized spacial score (nSPS) is 13.5. The number of allylic oxidation sites excluding steroid dienone is 1. The summed E-state index contributed by atoms with van der Waals surface area (Å²) in [6.45, 7) is 1.88. The van der Waals surface area contributed by atoms with Gasteiger partial charge in [0.25, 0.3) is 0 Å². The summed E-state index contributed by atoms with van der Waals surface area (Å²) in [5, 5.41) is 9.61. The van der Waals surface area contributed by atoms with Gasteiger partial charge < -0.3 is 9.88 Å². The van der Waals surface area contributed by atoms with E-state index in [1.807, 2.05) is 30.3 Å². The largest absolute Gasteiger partial charge is 0.363 e. The van der Waals surface area contributed by atoms with Gasteiger partial charge in [-0.15, -0.1) is 0 Å². The van der Waals surface area contributed by atoms with Crippen molar-refractivity contribution in [1.29, 1.82) is 5.26 Å². The van der Waals surface area contributed by atoms with Crippen LogP contribution in [0.25, 0.3) is 22.7 Å². The van der Waals surface area contributed by atoms with Crippen LogP contribution in [0.2, 0.25) is 0 Å². The first-order chi connectivity index (χ1) is 13.8. The zero-order valence-corrected chi connectivity index (χ0v) is 15.3. The average molecular weight is 362 g/mol. The van der Waals surface area contributed by atoms with Gasteiger partial charge in [-0.2, -0.15) is 5.26 Å². The predicted molar refractivity (Wildman–Crippen MR) is 112 cm³/mol. The van der Waals surface area contributed by atoms with Crippen molar-refractivity contribution in [3.8, 4) is 6.07 Å². The summed E-state index contributed by atoms with van der Waals surface area (Å²) in [4.78, 5) is 10.1. The molecule has 5 rings (SSSR count). The average Bonchev–Trinajstić information content (AvgIpc) is 3.36. The Morgan fingerprint density at radius 1 is 0.929 bits per heavy atom. The van der Waals surface area contributed by atoms with Gasteiger partial charge in [0.05, 0.1) is 16.6 Å². The molecule has 4 nitrogen and oxygen atoms in total. The maximum Gasteiger partial charge on any atom is 0.149 e. The molecule has 0 atom stereocenters. The molecule has 0 radical (unpaired) electrons. The molecule has 3 aromatic carbocycles. The zero-order valence-electron chi connectivity index (χ0n) is 15.3. The molecular formula is C24H18N4. The number of H-pyrrole nitrogens is 1. The SMILES string of the molecule is N#C/C(=C\c1ccc(N2Cc3ccccc3C2)cc1)c1nc2ccccc2[nH]1. The Balaban J connectivity index is 1.40. The molecule has 0 unspecified atom stereocenters. The van der Waals surface area contributed by atoms with E-state index in [9.17, 15) is 5.26 Å². The molecule has 0 fully saturated rings. The Morgan fingerprint density at radius 3 is 2.29 bits per heavy atom. The van der Waals surface area contributed by atoms with Crippen LogP contribution in [0.5, 0.6) is 0 Å². The number of hydrogen-bond acceptors (Lipinski definition) is 3. The third kappa shape index (κ3) is 2.93. The van der Waals surface area contributed by atoms with Gasteiger partial charge in [-0.3, -0.25) is 0 Å². The summed E-state index contributed by atoms with van der Waals surface area (Å²) in [6.07, 6.45) is 1.88. The molecule has 0 bridgehead atoms. The van der Waals surface area contributed by atoms with Crippen LogP contribution in [0, 0.1) is 11.3 Å². The van der Waals surface area contributed by atoms with Gasteiger partial charge >= 0.3 is 0 Å². The number of para-hydroxylation sites is 2. The van der Waals surface area contributed by atoms with Crippen LogP contribution in [0.3, 0.4) is 0 Å². The molecule has 2 heterocycles. The van der Waals surface area contributed by atoms with E-state index in [-0.39, 0.29) is 0 Å². The first-order valence-corrected chi connectivity index (χ1v) is 9.29.